The summed E-state index contributed by atoms with van der Waals surface area (Å²) >= 11 is 5.02. The zero-order valence-corrected chi connectivity index (χ0v) is 10.8. The summed E-state index contributed by atoms with van der Waals surface area (Å²) in [6.45, 7) is 0.689. The lowest BCUT2D eigenvalue weighted by molar-refractivity contribution is -0.119. The summed E-state index contributed by atoms with van der Waals surface area (Å²) in [6.07, 6.45) is 0. The molecule has 0 aliphatic carbocycles. The molecule has 1 rings (SSSR count). The zero-order chi connectivity index (χ0) is 11.4. The van der Waals surface area contributed by atoms with Gasteiger partial charge < -0.3 is 11.5 Å². The summed E-state index contributed by atoms with van der Waals surface area (Å²) in [5, 5.41) is 0. The first-order valence-corrected chi connectivity index (χ1v) is 6.09. The van der Waals surface area contributed by atoms with Crippen molar-refractivity contribution in [2.75, 3.05) is 20.1 Å². The van der Waals surface area contributed by atoms with E-state index in [0.717, 1.165) is 8.66 Å². The topological polar surface area (TPSA) is 72.3 Å². The van der Waals surface area contributed by atoms with E-state index >= 15 is 0 Å². The Kier molecular flexibility index (Phi) is 4.72. The molecule has 0 aromatic carbocycles. The number of hydrogen-bond donors (Lipinski definition) is 2. The number of thiophene rings is 1. The van der Waals surface area contributed by atoms with Crippen molar-refractivity contribution >= 4 is 33.2 Å². The number of likely N-dealkylation sites (N-methyl/N-ethyl adjacent to an activating group) is 1. The molecule has 15 heavy (non-hydrogen) atoms. The fourth-order valence-electron chi connectivity index (χ4n) is 1.38. The molecule has 0 aliphatic rings. The Morgan fingerprint density at radius 1 is 1.67 bits per heavy atom. The van der Waals surface area contributed by atoms with Crippen LogP contribution in [0.2, 0.25) is 0 Å². The number of nitrogens with two attached hydrogens (primary N) is 2. The maximum absolute atomic E-state index is 10.8. The van der Waals surface area contributed by atoms with Crippen LogP contribution in [0.5, 0.6) is 0 Å². The van der Waals surface area contributed by atoms with Crippen molar-refractivity contribution < 1.29 is 4.79 Å². The SMILES string of the molecule is CN(CC(N)=O)C(CN)c1ccc(Br)s1. The minimum atomic E-state index is -0.341. The van der Waals surface area contributed by atoms with Crippen molar-refractivity contribution in [3.8, 4) is 0 Å². The summed E-state index contributed by atoms with van der Waals surface area (Å²) in [6, 6.07) is 4.03. The minimum Gasteiger partial charge on any atom is -0.369 e. The first-order valence-electron chi connectivity index (χ1n) is 4.48. The molecular formula is C9H14BrN3OS. The zero-order valence-electron chi connectivity index (χ0n) is 8.44. The van der Waals surface area contributed by atoms with E-state index in [2.05, 4.69) is 15.9 Å². The third-order valence-corrected chi connectivity index (χ3v) is 3.81. The summed E-state index contributed by atoms with van der Waals surface area (Å²) in [4.78, 5) is 13.8. The van der Waals surface area contributed by atoms with Crippen LogP contribution in [-0.4, -0.2) is 30.9 Å². The van der Waals surface area contributed by atoms with Gasteiger partial charge in [-0.15, -0.1) is 11.3 Å². The molecule has 1 aromatic rings. The van der Waals surface area contributed by atoms with Crippen LogP contribution in [0.1, 0.15) is 10.9 Å². The van der Waals surface area contributed by atoms with Gasteiger partial charge in [-0.05, 0) is 35.1 Å². The van der Waals surface area contributed by atoms with Gasteiger partial charge in [-0.3, -0.25) is 9.69 Å². The van der Waals surface area contributed by atoms with Crippen molar-refractivity contribution in [2.45, 2.75) is 6.04 Å². The van der Waals surface area contributed by atoms with Crippen molar-refractivity contribution in [3.63, 3.8) is 0 Å². The second kappa shape index (κ2) is 5.60. The van der Waals surface area contributed by atoms with Crippen molar-refractivity contribution in [1.82, 2.24) is 4.90 Å². The summed E-state index contributed by atoms with van der Waals surface area (Å²) in [7, 11) is 1.84. The van der Waals surface area contributed by atoms with E-state index in [1.54, 1.807) is 11.3 Å². The van der Waals surface area contributed by atoms with Crippen LogP contribution in [0.4, 0.5) is 0 Å². The lowest BCUT2D eigenvalue weighted by atomic mass is 10.2. The van der Waals surface area contributed by atoms with Gasteiger partial charge in [0.2, 0.25) is 5.91 Å². The predicted octanol–water partition coefficient (Wildman–Crippen LogP) is 0.928. The van der Waals surface area contributed by atoms with Gasteiger partial charge in [0.15, 0.2) is 0 Å². The summed E-state index contributed by atoms with van der Waals surface area (Å²) < 4.78 is 1.06. The molecule has 0 radical (unpaired) electrons. The number of carbonyl (C=O) groups is 1. The van der Waals surface area contributed by atoms with E-state index in [0.29, 0.717) is 6.54 Å². The maximum atomic E-state index is 10.8. The Bertz CT molecular complexity index is 342. The smallest absolute Gasteiger partial charge is 0.231 e. The normalized spacial score (nSPS) is 13.1. The van der Waals surface area contributed by atoms with Gasteiger partial charge in [0.05, 0.1) is 16.4 Å². The van der Waals surface area contributed by atoms with Gasteiger partial charge >= 0.3 is 0 Å². The monoisotopic (exact) mass is 291 g/mol. The van der Waals surface area contributed by atoms with Crippen LogP contribution >= 0.6 is 27.3 Å². The molecule has 4 nitrogen and oxygen atoms in total. The molecule has 0 saturated carbocycles. The number of rotatable bonds is 5. The molecule has 0 saturated heterocycles. The fraction of sp³-hybridized carbons (Fsp3) is 0.444. The largest absolute Gasteiger partial charge is 0.369 e. The van der Waals surface area contributed by atoms with E-state index in [1.165, 1.54) is 0 Å². The first-order chi connectivity index (χ1) is 7.04. The lowest BCUT2D eigenvalue weighted by Gasteiger charge is -2.24. The molecule has 84 valence electrons. The molecule has 4 N–H and O–H groups in total. The van der Waals surface area contributed by atoms with Crippen LogP contribution < -0.4 is 11.5 Å². The van der Waals surface area contributed by atoms with E-state index in [4.69, 9.17) is 11.5 Å². The van der Waals surface area contributed by atoms with E-state index in [-0.39, 0.29) is 18.5 Å². The third-order valence-electron chi connectivity index (χ3n) is 2.08. The molecule has 0 aliphatic heterocycles. The molecule has 1 aromatic heterocycles. The van der Waals surface area contributed by atoms with E-state index < -0.39 is 0 Å². The molecule has 1 unspecified atom stereocenters. The van der Waals surface area contributed by atoms with Crippen LogP contribution in [0.3, 0.4) is 0 Å². The molecule has 0 fully saturated rings. The Morgan fingerprint density at radius 3 is 2.73 bits per heavy atom. The highest BCUT2D eigenvalue weighted by Gasteiger charge is 2.18. The Labute approximate surface area is 101 Å². The van der Waals surface area contributed by atoms with E-state index in [1.807, 2.05) is 24.1 Å². The standard InChI is InChI=1S/C9H14BrN3OS/c1-13(5-9(12)14)6(4-11)7-2-3-8(10)15-7/h2-3,6H,4-5,11H2,1H3,(H2,12,14). The van der Waals surface area contributed by atoms with Crippen LogP contribution in [-0.2, 0) is 4.79 Å². The minimum absolute atomic E-state index is 0.0498. The van der Waals surface area contributed by atoms with Gasteiger partial charge in [0.1, 0.15) is 0 Å². The average molecular weight is 292 g/mol. The summed E-state index contributed by atoms with van der Waals surface area (Å²) in [5.41, 5.74) is 10.8. The van der Waals surface area contributed by atoms with Crippen LogP contribution in [0.25, 0.3) is 0 Å². The number of hydrogen-bond acceptors (Lipinski definition) is 4. The highest BCUT2D eigenvalue weighted by atomic mass is 79.9. The lowest BCUT2D eigenvalue weighted by Crippen LogP contribution is -2.36. The number of primary amides is 1. The van der Waals surface area contributed by atoms with Crippen molar-refractivity contribution in [2.24, 2.45) is 11.5 Å². The summed E-state index contributed by atoms with van der Waals surface area (Å²) in [5.74, 6) is -0.341. The van der Waals surface area contributed by atoms with Gasteiger partial charge in [0, 0.05) is 11.4 Å². The second-order valence-electron chi connectivity index (χ2n) is 3.27. The number of carbonyl (C=O) groups excluding carboxylic acids is 1. The van der Waals surface area contributed by atoms with Gasteiger partial charge in [-0.2, -0.15) is 0 Å². The van der Waals surface area contributed by atoms with Crippen LogP contribution in [0, 0.1) is 0 Å². The Balaban J connectivity index is 2.74. The molecule has 0 spiro atoms. The van der Waals surface area contributed by atoms with Crippen molar-refractivity contribution in [1.29, 1.82) is 0 Å². The van der Waals surface area contributed by atoms with Crippen molar-refractivity contribution in [3.05, 3.63) is 20.8 Å². The highest BCUT2D eigenvalue weighted by Crippen LogP contribution is 2.29. The average Bonchev–Trinajstić information content (AvgIpc) is 2.51. The molecular weight excluding hydrogens is 278 g/mol. The number of halogens is 1. The fourth-order valence-corrected chi connectivity index (χ4v) is 2.98. The molecule has 1 heterocycles. The quantitative estimate of drug-likeness (QED) is 0.848. The van der Waals surface area contributed by atoms with Gasteiger partial charge in [-0.1, -0.05) is 0 Å². The number of amides is 1. The second-order valence-corrected chi connectivity index (χ2v) is 5.77. The predicted molar refractivity (Wildman–Crippen MR) is 65.6 cm³/mol. The van der Waals surface area contributed by atoms with Gasteiger partial charge in [0.25, 0.3) is 0 Å². The molecule has 0 bridgehead atoms. The Morgan fingerprint density at radius 2 is 2.33 bits per heavy atom. The highest BCUT2D eigenvalue weighted by molar-refractivity contribution is 9.11. The van der Waals surface area contributed by atoms with Crippen LogP contribution in [0.15, 0.2) is 15.9 Å². The molecule has 1 atom stereocenters. The first kappa shape index (κ1) is 12.6. The maximum Gasteiger partial charge on any atom is 0.231 e. The van der Waals surface area contributed by atoms with Gasteiger partial charge in [-0.25, -0.2) is 0 Å². The van der Waals surface area contributed by atoms with E-state index in [9.17, 15) is 4.79 Å². The third kappa shape index (κ3) is 3.57. The Hall–Kier alpha value is -0.430. The molecule has 6 heteroatoms. The molecule has 1 amide bonds. The number of nitrogens with zero attached hydrogens (tertiary/aromatic N) is 1.